The van der Waals surface area contributed by atoms with Gasteiger partial charge < -0.3 is 15.4 Å². The number of hydrogen-bond acceptors (Lipinski definition) is 5. The van der Waals surface area contributed by atoms with E-state index in [4.69, 9.17) is 4.74 Å². The highest BCUT2D eigenvalue weighted by Crippen LogP contribution is 2.27. The Bertz CT molecular complexity index is 718. The monoisotopic (exact) mass is 357 g/mol. The molecule has 0 heterocycles. The second-order valence-corrected chi connectivity index (χ2v) is 6.46. The third kappa shape index (κ3) is 5.31. The maximum absolute atomic E-state index is 12.0. The molecule has 0 spiro atoms. The van der Waals surface area contributed by atoms with Crippen molar-refractivity contribution < 1.29 is 19.1 Å². The summed E-state index contributed by atoms with van der Waals surface area (Å²) in [7, 11) is 0. The topological polar surface area (TPSA) is 108 Å². The number of carbonyl (C=O) groups excluding carboxylic acids is 3. The summed E-state index contributed by atoms with van der Waals surface area (Å²) < 4.78 is 4.88. The van der Waals surface area contributed by atoms with Crippen LogP contribution in [0.3, 0.4) is 0 Å². The van der Waals surface area contributed by atoms with E-state index in [1.807, 2.05) is 6.07 Å². The lowest BCUT2D eigenvalue weighted by atomic mass is 9.83. The van der Waals surface area contributed by atoms with E-state index in [9.17, 15) is 19.6 Å². The summed E-state index contributed by atoms with van der Waals surface area (Å²) in [6.07, 6.45) is 4.04. The van der Waals surface area contributed by atoms with Crippen LogP contribution in [0.4, 0.5) is 0 Å². The maximum Gasteiger partial charge on any atom is 0.325 e. The molecule has 0 atom stereocenters. The van der Waals surface area contributed by atoms with Crippen molar-refractivity contribution in [1.82, 2.24) is 10.6 Å². The normalized spacial score (nSPS) is 15.4. The fraction of sp³-hybridized carbons (Fsp3) is 0.474. The predicted molar refractivity (Wildman–Crippen MR) is 94.0 cm³/mol. The van der Waals surface area contributed by atoms with Crippen molar-refractivity contribution in [2.75, 3.05) is 13.2 Å². The third-order valence-electron chi connectivity index (χ3n) is 4.45. The molecule has 1 saturated carbocycles. The summed E-state index contributed by atoms with van der Waals surface area (Å²) in [4.78, 5) is 35.7. The number of ether oxygens (including phenoxy) is 1. The lowest BCUT2D eigenvalue weighted by Crippen LogP contribution is -2.50. The molecule has 2 N–H and O–H groups in total. The molecule has 7 nitrogen and oxygen atoms in total. The molecular weight excluding hydrogens is 334 g/mol. The Morgan fingerprint density at radius 2 is 1.88 bits per heavy atom. The first-order valence-electron chi connectivity index (χ1n) is 8.67. The van der Waals surface area contributed by atoms with Crippen molar-refractivity contribution >= 4 is 17.8 Å². The van der Waals surface area contributed by atoms with Crippen LogP contribution >= 0.6 is 0 Å². The summed E-state index contributed by atoms with van der Waals surface area (Å²) in [6.45, 7) is 1.00. The minimum Gasteiger partial charge on any atom is -0.454 e. The highest BCUT2D eigenvalue weighted by atomic mass is 16.5. The van der Waals surface area contributed by atoms with Crippen LogP contribution < -0.4 is 10.6 Å². The van der Waals surface area contributed by atoms with Gasteiger partial charge in [0.1, 0.15) is 12.1 Å². The Morgan fingerprint density at radius 1 is 1.19 bits per heavy atom. The number of amides is 2. The SMILES string of the molecule is Cc1ccccc1C(=O)NCC(=O)OCC(=O)NC1(C#N)CCCCC1. The molecule has 1 aliphatic rings. The number of hydrogen-bond donors (Lipinski definition) is 2. The summed E-state index contributed by atoms with van der Waals surface area (Å²) in [5, 5.41) is 14.5. The van der Waals surface area contributed by atoms with E-state index >= 15 is 0 Å². The molecule has 1 fully saturated rings. The zero-order valence-corrected chi connectivity index (χ0v) is 14.8. The van der Waals surface area contributed by atoms with E-state index in [-0.39, 0.29) is 12.5 Å². The quantitative estimate of drug-likeness (QED) is 0.752. The molecule has 1 aromatic carbocycles. The van der Waals surface area contributed by atoms with Gasteiger partial charge in [-0.25, -0.2) is 0 Å². The first-order chi connectivity index (χ1) is 12.5. The molecule has 138 valence electrons. The Labute approximate surface area is 152 Å². The van der Waals surface area contributed by atoms with Gasteiger partial charge in [0.15, 0.2) is 6.61 Å². The third-order valence-corrected chi connectivity index (χ3v) is 4.45. The predicted octanol–water partition coefficient (Wildman–Crippen LogP) is 1.61. The average molecular weight is 357 g/mol. The summed E-state index contributed by atoms with van der Waals surface area (Å²) in [5.41, 5.74) is 0.416. The number of esters is 1. The molecule has 26 heavy (non-hydrogen) atoms. The van der Waals surface area contributed by atoms with Gasteiger partial charge in [0.25, 0.3) is 11.8 Å². The van der Waals surface area contributed by atoms with Crippen LogP contribution in [-0.4, -0.2) is 36.5 Å². The van der Waals surface area contributed by atoms with Gasteiger partial charge in [-0.2, -0.15) is 5.26 Å². The molecular formula is C19H23N3O4. The van der Waals surface area contributed by atoms with Crippen LogP contribution in [0.15, 0.2) is 24.3 Å². The second kappa shape index (κ2) is 8.99. The molecule has 0 aliphatic heterocycles. The fourth-order valence-corrected chi connectivity index (χ4v) is 3.00. The van der Waals surface area contributed by atoms with Gasteiger partial charge in [-0.1, -0.05) is 37.5 Å². The molecule has 7 heteroatoms. The Hall–Kier alpha value is -2.88. The fourth-order valence-electron chi connectivity index (χ4n) is 3.00. The lowest BCUT2D eigenvalue weighted by Gasteiger charge is -2.31. The lowest BCUT2D eigenvalue weighted by molar-refractivity contribution is -0.148. The van der Waals surface area contributed by atoms with Gasteiger partial charge in [-0.3, -0.25) is 14.4 Å². The Balaban J connectivity index is 1.74. The molecule has 0 unspecified atom stereocenters. The van der Waals surface area contributed by atoms with Gasteiger partial charge in [-0.05, 0) is 31.4 Å². The van der Waals surface area contributed by atoms with Crippen molar-refractivity contribution in [2.24, 2.45) is 0 Å². The molecule has 2 amide bonds. The molecule has 1 aromatic rings. The van der Waals surface area contributed by atoms with Crippen LogP contribution in [0.1, 0.15) is 48.0 Å². The summed E-state index contributed by atoms with van der Waals surface area (Å²) >= 11 is 0. The number of benzene rings is 1. The van der Waals surface area contributed by atoms with E-state index in [0.717, 1.165) is 24.8 Å². The van der Waals surface area contributed by atoms with Gasteiger partial charge in [-0.15, -0.1) is 0 Å². The smallest absolute Gasteiger partial charge is 0.325 e. The van der Waals surface area contributed by atoms with E-state index in [2.05, 4.69) is 16.7 Å². The standard InChI is InChI=1S/C19H23N3O4/c1-14-7-3-4-8-15(14)18(25)21-11-17(24)26-12-16(23)22-19(13-20)9-5-2-6-10-19/h3-4,7-8H,2,5-6,9-12H2,1H3,(H,21,25)(H,22,23). The Kier molecular flexibility index (Phi) is 6.73. The highest BCUT2D eigenvalue weighted by Gasteiger charge is 2.33. The zero-order valence-electron chi connectivity index (χ0n) is 14.8. The molecule has 0 bridgehead atoms. The molecule has 0 radical (unpaired) electrons. The van der Waals surface area contributed by atoms with Crippen molar-refractivity contribution in [1.29, 1.82) is 5.26 Å². The van der Waals surface area contributed by atoms with E-state index in [1.165, 1.54) is 0 Å². The highest BCUT2D eigenvalue weighted by molar-refractivity contribution is 5.97. The van der Waals surface area contributed by atoms with Gasteiger partial charge in [0.2, 0.25) is 0 Å². The number of aryl methyl sites for hydroxylation is 1. The van der Waals surface area contributed by atoms with Crippen LogP contribution in [0, 0.1) is 18.3 Å². The maximum atomic E-state index is 12.0. The number of carbonyl (C=O) groups is 3. The van der Waals surface area contributed by atoms with Gasteiger partial charge >= 0.3 is 5.97 Å². The van der Waals surface area contributed by atoms with E-state index in [0.29, 0.717) is 18.4 Å². The van der Waals surface area contributed by atoms with Gasteiger partial charge in [0, 0.05) is 5.56 Å². The molecule has 0 saturated heterocycles. The zero-order chi connectivity index (χ0) is 19.0. The molecule has 1 aliphatic carbocycles. The van der Waals surface area contributed by atoms with Crippen molar-refractivity contribution in [3.63, 3.8) is 0 Å². The number of rotatable bonds is 6. The largest absolute Gasteiger partial charge is 0.454 e. The minimum absolute atomic E-state index is 0.330. The number of nitriles is 1. The van der Waals surface area contributed by atoms with Crippen molar-refractivity contribution in [2.45, 2.75) is 44.6 Å². The molecule has 0 aromatic heterocycles. The van der Waals surface area contributed by atoms with Crippen LogP contribution in [0.2, 0.25) is 0 Å². The first kappa shape index (κ1) is 19.4. The van der Waals surface area contributed by atoms with Gasteiger partial charge in [0.05, 0.1) is 6.07 Å². The van der Waals surface area contributed by atoms with Crippen LogP contribution in [0.5, 0.6) is 0 Å². The van der Waals surface area contributed by atoms with Crippen molar-refractivity contribution in [3.8, 4) is 6.07 Å². The second-order valence-electron chi connectivity index (χ2n) is 6.46. The number of nitrogens with zero attached hydrogens (tertiary/aromatic N) is 1. The number of nitrogens with one attached hydrogen (secondary N) is 2. The summed E-state index contributed by atoms with van der Waals surface area (Å²) in [5.74, 6) is -1.60. The van der Waals surface area contributed by atoms with Crippen LogP contribution in [-0.2, 0) is 14.3 Å². The minimum atomic E-state index is -0.860. The Morgan fingerprint density at radius 3 is 2.54 bits per heavy atom. The first-order valence-corrected chi connectivity index (χ1v) is 8.67. The average Bonchev–Trinajstić information content (AvgIpc) is 2.65. The molecule has 2 rings (SSSR count). The van der Waals surface area contributed by atoms with Crippen molar-refractivity contribution in [3.05, 3.63) is 35.4 Å². The van der Waals surface area contributed by atoms with E-state index in [1.54, 1.807) is 25.1 Å². The summed E-state index contributed by atoms with van der Waals surface area (Å²) in [6, 6.07) is 9.19. The van der Waals surface area contributed by atoms with E-state index < -0.39 is 24.0 Å². The van der Waals surface area contributed by atoms with Crippen LogP contribution in [0.25, 0.3) is 0 Å².